The molecule has 20 heavy (non-hydrogen) atoms. The molecule has 0 aromatic heterocycles. The van der Waals surface area contributed by atoms with Gasteiger partial charge in [0, 0.05) is 6.04 Å². The number of carbonyl (C=O) groups is 1. The van der Waals surface area contributed by atoms with Gasteiger partial charge in [0.2, 0.25) is 5.91 Å². The molecule has 3 nitrogen and oxygen atoms in total. The van der Waals surface area contributed by atoms with E-state index in [0.29, 0.717) is 18.1 Å². The second-order valence-electron chi connectivity index (χ2n) is 7.84. The highest BCUT2D eigenvalue weighted by Crippen LogP contribution is 2.47. The Morgan fingerprint density at radius 2 is 1.70 bits per heavy atom. The van der Waals surface area contributed by atoms with Gasteiger partial charge in [0.1, 0.15) is 0 Å². The van der Waals surface area contributed by atoms with Gasteiger partial charge in [-0.05, 0) is 63.2 Å². The third-order valence-corrected chi connectivity index (χ3v) is 6.34. The maximum Gasteiger partial charge on any atom is 0.244 e. The zero-order chi connectivity index (χ0) is 13.7. The predicted octanol–water partition coefficient (Wildman–Crippen LogP) is 3.05. The summed E-state index contributed by atoms with van der Waals surface area (Å²) in [7, 11) is 0. The fraction of sp³-hybridized carbons (Fsp3) is 0.941. The molecule has 4 rings (SSSR count). The molecule has 0 aromatic rings. The Balaban J connectivity index is 1.55. The van der Waals surface area contributed by atoms with Gasteiger partial charge in [-0.1, -0.05) is 19.8 Å². The first-order valence-corrected chi connectivity index (χ1v) is 8.80. The Morgan fingerprint density at radius 3 is 2.30 bits per heavy atom. The summed E-state index contributed by atoms with van der Waals surface area (Å²) in [6, 6.07) is 0.525. The van der Waals surface area contributed by atoms with Gasteiger partial charge in [0.05, 0.1) is 11.7 Å². The summed E-state index contributed by atoms with van der Waals surface area (Å²) < 4.78 is 0. The van der Waals surface area contributed by atoms with E-state index in [2.05, 4.69) is 17.1 Å². The van der Waals surface area contributed by atoms with Crippen molar-refractivity contribution in [2.24, 2.45) is 11.8 Å². The van der Waals surface area contributed by atoms with Gasteiger partial charge in [-0.3, -0.25) is 10.1 Å². The van der Waals surface area contributed by atoms with Crippen molar-refractivity contribution in [2.75, 3.05) is 0 Å². The lowest BCUT2D eigenvalue weighted by Crippen LogP contribution is -2.49. The predicted molar refractivity (Wildman–Crippen MR) is 79.1 cm³/mol. The first-order chi connectivity index (χ1) is 9.70. The maximum atomic E-state index is 12.9. The summed E-state index contributed by atoms with van der Waals surface area (Å²) >= 11 is 0. The second-order valence-corrected chi connectivity index (χ2v) is 7.84. The molecule has 4 fully saturated rings. The van der Waals surface area contributed by atoms with Crippen LogP contribution < -0.4 is 5.32 Å². The molecule has 1 N–H and O–H groups in total. The van der Waals surface area contributed by atoms with Gasteiger partial charge in [-0.15, -0.1) is 0 Å². The van der Waals surface area contributed by atoms with Crippen molar-refractivity contribution in [3.63, 3.8) is 0 Å². The van der Waals surface area contributed by atoms with Crippen LogP contribution in [0.3, 0.4) is 0 Å². The normalized spacial score (nSPS) is 40.8. The van der Waals surface area contributed by atoms with Crippen molar-refractivity contribution in [3.05, 3.63) is 0 Å². The van der Waals surface area contributed by atoms with E-state index < -0.39 is 0 Å². The van der Waals surface area contributed by atoms with Crippen LogP contribution in [0, 0.1) is 11.8 Å². The number of hydrogen-bond acceptors (Lipinski definition) is 2. The molecular formula is C17H28N2O. The van der Waals surface area contributed by atoms with Crippen molar-refractivity contribution in [1.29, 1.82) is 0 Å². The van der Waals surface area contributed by atoms with Crippen LogP contribution >= 0.6 is 0 Å². The Hall–Kier alpha value is -0.570. The molecule has 3 saturated carbocycles. The third kappa shape index (κ3) is 2.01. The van der Waals surface area contributed by atoms with Gasteiger partial charge in [0.15, 0.2) is 0 Å². The molecule has 1 atom stereocenters. The maximum absolute atomic E-state index is 12.9. The molecule has 1 unspecified atom stereocenters. The zero-order valence-corrected chi connectivity index (χ0v) is 12.7. The molecule has 1 aliphatic heterocycles. The summed E-state index contributed by atoms with van der Waals surface area (Å²) in [6.07, 6.45) is 13.0. The quantitative estimate of drug-likeness (QED) is 0.841. The lowest BCUT2D eigenvalue weighted by molar-refractivity contribution is -0.134. The van der Waals surface area contributed by atoms with E-state index >= 15 is 0 Å². The Bertz CT molecular complexity index is 390. The third-order valence-electron chi connectivity index (χ3n) is 6.34. The van der Waals surface area contributed by atoms with Crippen LogP contribution in [0.25, 0.3) is 0 Å². The molecule has 1 spiro atoms. The van der Waals surface area contributed by atoms with Gasteiger partial charge in [-0.2, -0.15) is 0 Å². The number of hydrogen-bond donors (Lipinski definition) is 1. The highest BCUT2D eigenvalue weighted by Gasteiger charge is 2.61. The molecule has 0 radical (unpaired) electrons. The highest BCUT2D eigenvalue weighted by molar-refractivity contribution is 5.92. The fourth-order valence-corrected chi connectivity index (χ4v) is 4.80. The monoisotopic (exact) mass is 276 g/mol. The van der Waals surface area contributed by atoms with Gasteiger partial charge >= 0.3 is 0 Å². The molecule has 1 heterocycles. The van der Waals surface area contributed by atoms with Crippen molar-refractivity contribution < 1.29 is 4.79 Å². The first-order valence-electron chi connectivity index (χ1n) is 8.80. The minimum absolute atomic E-state index is 0.115. The van der Waals surface area contributed by atoms with E-state index in [9.17, 15) is 4.79 Å². The van der Waals surface area contributed by atoms with Crippen molar-refractivity contribution in [2.45, 2.75) is 88.9 Å². The molecule has 3 aliphatic carbocycles. The largest absolute Gasteiger partial charge is 0.322 e. The molecule has 4 aliphatic rings. The van der Waals surface area contributed by atoms with Crippen LogP contribution in [0.1, 0.15) is 71.1 Å². The molecular weight excluding hydrogens is 248 g/mol. The minimum Gasteiger partial charge on any atom is -0.322 e. The topological polar surface area (TPSA) is 32.3 Å². The van der Waals surface area contributed by atoms with E-state index in [-0.39, 0.29) is 5.54 Å². The lowest BCUT2D eigenvalue weighted by Gasteiger charge is -2.39. The van der Waals surface area contributed by atoms with E-state index in [1.807, 2.05) is 0 Å². The number of carbonyl (C=O) groups excluding carboxylic acids is 1. The molecule has 1 saturated heterocycles. The molecule has 3 heteroatoms. The zero-order valence-electron chi connectivity index (χ0n) is 12.7. The standard InChI is InChI=1S/C17H28N2O/c1-12-6-8-14(9-7-12)19-15(13-4-2-3-5-13)18-17(10-11-17)16(19)20/h12-15,18H,2-11H2,1H3. The van der Waals surface area contributed by atoms with E-state index in [4.69, 9.17) is 0 Å². The van der Waals surface area contributed by atoms with Crippen LogP contribution in [0.4, 0.5) is 0 Å². The van der Waals surface area contributed by atoms with Crippen molar-refractivity contribution >= 4 is 5.91 Å². The van der Waals surface area contributed by atoms with Gasteiger partial charge < -0.3 is 4.90 Å². The first kappa shape index (κ1) is 13.1. The van der Waals surface area contributed by atoms with E-state index in [1.54, 1.807) is 0 Å². The number of amides is 1. The smallest absolute Gasteiger partial charge is 0.244 e. The average molecular weight is 276 g/mol. The summed E-state index contributed by atoms with van der Waals surface area (Å²) in [6.45, 7) is 2.36. The number of nitrogens with zero attached hydrogens (tertiary/aromatic N) is 1. The molecule has 112 valence electrons. The molecule has 0 bridgehead atoms. The summed E-state index contributed by atoms with van der Waals surface area (Å²) in [5.41, 5.74) is -0.115. The summed E-state index contributed by atoms with van der Waals surface area (Å²) in [5, 5.41) is 3.77. The van der Waals surface area contributed by atoms with Crippen molar-refractivity contribution in [3.8, 4) is 0 Å². The average Bonchev–Trinajstić information content (AvgIpc) is 2.92. The van der Waals surface area contributed by atoms with Gasteiger partial charge in [0.25, 0.3) is 0 Å². The van der Waals surface area contributed by atoms with Crippen LogP contribution in [-0.2, 0) is 4.79 Å². The Morgan fingerprint density at radius 1 is 1.05 bits per heavy atom. The lowest BCUT2D eigenvalue weighted by atomic mass is 9.86. The van der Waals surface area contributed by atoms with Crippen LogP contribution in [-0.4, -0.2) is 28.6 Å². The minimum atomic E-state index is -0.115. The van der Waals surface area contributed by atoms with Crippen LogP contribution in [0.5, 0.6) is 0 Å². The Labute approximate surface area is 122 Å². The van der Waals surface area contributed by atoms with Crippen LogP contribution in [0.2, 0.25) is 0 Å². The summed E-state index contributed by atoms with van der Waals surface area (Å²) in [4.78, 5) is 15.2. The number of nitrogens with one attached hydrogen (secondary N) is 1. The second kappa shape index (κ2) is 4.72. The number of rotatable bonds is 2. The molecule has 1 amide bonds. The van der Waals surface area contributed by atoms with Crippen molar-refractivity contribution in [1.82, 2.24) is 10.2 Å². The summed E-state index contributed by atoms with van der Waals surface area (Å²) in [5.74, 6) is 2.03. The fourth-order valence-electron chi connectivity index (χ4n) is 4.80. The van der Waals surface area contributed by atoms with E-state index in [0.717, 1.165) is 24.7 Å². The molecule has 0 aromatic carbocycles. The Kier molecular flexibility index (Phi) is 3.10. The van der Waals surface area contributed by atoms with E-state index in [1.165, 1.54) is 51.4 Å². The highest BCUT2D eigenvalue weighted by atomic mass is 16.2. The van der Waals surface area contributed by atoms with Crippen LogP contribution in [0.15, 0.2) is 0 Å². The SMILES string of the molecule is CC1CCC(N2C(=O)C3(CC3)NC2C2CCCC2)CC1. The van der Waals surface area contributed by atoms with Gasteiger partial charge in [-0.25, -0.2) is 0 Å².